The van der Waals surface area contributed by atoms with Crippen LogP contribution in [0.5, 0.6) is 0 Å². The van der Waals surface area contributed by atoms with Gasteiger partial charge in [-0.05, 0) is 56.8 Å². The summed E-state index contributed by atoms with van der Waals surface area (Å²) < 4.78 is 0. The van der Waals surface area contributed by atoms with Crippen LogP contribution < -0.4 is 5.73 Å². The minimum atomic E-state index is 0.784. The van der Waals surface area contributed by atoms with Crippen molar-refractivity contribution in [1.29, 1.82) is 0 Å². The van der Waals surface area contributed by atoms with E-state index in [0.29, 0.717) is 0 Å². The first-order chi connectivity index (χ1) is 6.15. The fourth-order valence-electron chi connectivity index (χ4n) is 1.88. The highest BCUT2D eigenvalue weighted by atomic mass is 14.5. The van der Waals surface area contributed by atoms with Gasteiger partial charge in [-0.3, -0.25) is 0 Å². The third-order valence-electron chi connectivity index (χ3n) is 2.47. The quantitative estimate of drug-likeness (QED) is 0.754. The van der Waals surface area contributed by atoms with Gasteiger partial charge in [0.15, 0.2) is 0 Å². The average Bonchev–Trinajstić information content (AvgIpc) is 2.02. The molecule has 0 aliphatic rings. The van der Waals surface area contributed by atoms with E-state index < -0.39 is 0 Å². The molecule has 0 fully saturated rings. The third-order valence-corrected chi connectivity index (χ3v) is 2.47. The molecule has 0 saturated heterocycles. The molecule has 0 amide bonds. The number of benzene rings is 1. The van der Waals surface area contributed by atoms with Crippen LogP contribution in [0.25, 0.3) is 0 Å². The Hall–Kier alpha value is -0.820. The summed E-state index contributed by atoms with van der Waals surface area (Å²) in [6.45, 7) is 7.30. The van der Waals surface area contributed by atoms with E-state index >= 15 is 0 Å². The van der Waals surface area contributed by atoms with Crippen LogP contribution in [0, 0.1) is 20.8 Å². The number of rotatable bonds is 3. The monoisotopic (exact) mass is 177 g/mol. The van der Waals surface area contributed by atoms with E-state index in [9.17, 15) is 0 Å². The highest BCUT2D eigenvalue weighted by molar-refractivity contribution is 5.37. The molecule has 1 aromatic carbocycles. The second-order valence-corrected chi connectivity index (χ2v) is 3.77. The molecule has 0 aromatic heterocycles. The maximum Gasteiger partial charge on any atom is -0.00741 e. The predicted octanol–water partition coefficient (Wildman–Crippen LogP) is 2.50. The van der Waals surface area contributed by atoms with Gasteiger partial charge in [0, 0.05) is 0 Å². The highest BCUT2D eigenvalue weighted by Crippen LogP contribution is 2.17. The zero-order chi connectivity index (χ0) is 9.84. The van der Waals surface area contributed by atoms with Crippen LogP contribution in [0.2, 0.25) is 0 Å². The van der Waals surface area contributed by atoms with E-state index in [-0.39, 0.29) is 0 Å². The molecule has 1 nitrogen and oxygen atoms in total. The first-order valence-electron chi connectivity index (χ1n) is 4.92. The Labute approximate surface area is 81.0 Å². The third kappa shape index (κ3) is 2.56. The van der Waals surface area contributed by atoms with Crippen LogP contribution >= 0.6 is 0 Å². The van der Waals surface area contributed by atoms with E-state index in [1.807, 2.05) is 0 Å². The molecule has 0 unspecified atom stereocenters. The number of hydrogen-bond acceptors (Lipinski definition) is 1. The molecule has 1 aromatic rings. The Morgan fingerprint density at radius 3 is 2.08 bits per heavy atom. The summed E-state index contributed by atoms with van der Waals surface area (Å²) in [5.74, 6) is 0. The Balaban J connectivity index is 2.92. The minimum Gasteiger partial charge on any atom is -0.330 e. The van der Waals surface area contributed by atoms with Crippen molar-refractivity contribution < 1.29 is 0 Å². The average molecular weight is 177 g/mol. The van der Waals surface area contributed by atoms with Crippen molar-refractivity contribution in [3.8, 4) is 0 Å². The van der Waals surface area contributed by atoms with Gasteiger partial charge in [0.05, 0.1) is 0 Å². The lowest BCUT2D eigenvalue weighted by molar-refractivity contribution is 0.822. The van der Waals surface area contributed by atoms with Gasteiger partial charge in [0.1, 0.15) is 0 Å². The van der Waals surface area contributed by atoms with Gasteiger partial charge in [-0.1, -0.05) is 17.7 Å². The topological polar surface area (TPSA) is 26.0 Å². The zero-order valence-electron chi connectivity index (χ0n) is 8.85. The molecule has 0 radical (unpaired) electrons. The van der Waals surface area contributed by atoms with Gasteiger partial charge in [-0.2, -0.15) is 0 Å². The van der Waals surface area contributed by atoms with Crippen LogP contribution in [0.4, 0.5) is 0 Å². The highest BCUT2D eigenvalue weighted by Gasteiger charge is 2.02. The zero-order valence-corrected chi connectivity index (χ0v) is 8.85. The molecule has 0 atom stereocenters. The van der Waals surface area contributed by atoms with E-state index in [4.69, 9.17) is 5.73 Å². The summed E-state index contributed by atoms with van der Waals surface area (Å²) in [6.07, 6.45) is 2.21. The number of nitrogens with two attached hydrogens (primary N) is 1. The maximum absolute atomic E-state index is 5.51. The summed E-state index contributed by atoms with van der Waals surface area (Å²) in [4.78, 5) is 0. The van der Waals surface area contributed by atoms with Crippen LogP contribution in [0.15, 0.2) is 12.1 Å². The van der Waals surface area contributed by atoms with Crippen molar-refractivity contribution in [2.24, 2.45) is 5.73 Å². The molecule has 2 N–H and O–H groups in total. The van der Waals surface area contributed by atoms with Crippen LogP contribution in [0.1, 0.15) is 28.7 Å². The van der Waals surface area contributed by atoms with Crippen LogP contribution in [0.3, 0.4) is 0 Å². The van der Waals surface area contributed by atoms with Gasteiger partial charge < -0.3 is 5.73 Å². The van der Waals surface area contributed by atoms with Crippen molar-refractivity contribution in [2.45, 2.75) is 33.6 Å². The Morgan fingerprint density at radius 1 is 1.08 bits per heavy atom. The van der Waals surface area contributed by atoms with Gasteiger partial charge in [-0.15, -0.1) is 0 Å². The predicted molar refractivity (Wildman–Crippen MR) is 58.0 cm³/mol. The summed E-state index contributed by atoms with van der Waals surface area (Å²) in [6, 6.07) is 4.50. The molecule has 0 heterocycles. The van der Waals surface area contributed by atoms with Gasteiger partial charge >= 0.3 is 0 Å². The van der Waals surface area contributed by atoms with Crippen molar-refractivity contribution >= 4 is 0 Å². The van der Waals surface area contributed by atoms with E-state index in [2.05, 4.69) is 32.9 Å². The van der Waals surface area contributed by atoms with Gasteiger partial charge in [0.25, 0.3) is 0 Å². The summed E-state index contributed by atoms with van der Waals surface area (Å²) >= 11 is 0. The van der Waals surface area contributed by atoms with Crippen LogP contribution in [-0.2, 0) is 6.42 Å². The second kappa shape index (κ2) is 4.43. The normalized spacial score (nSPS) is 10.5. The fourth-order valence-corrected chi connectivity index (χ4v) is 1.88. The van der Waals surface area contributed by atoms with Crippen molar-refractivity contribution in [2.75, 3.05) is 6.54 Å². The lowest BCUT2D eigenvalue weighted by Gasteiger charge is -2.10. The molecule has 1 rings (SSSR count). The number of aryl methyl sites for hydroxylation is 3. The molecule has 1 heteroatoms. The lowest BCUT2D eigenvalue weighted by Crippen LogP contribution is -2.03. The Bertz CT molecular complexity index is 266. The second-order valence-electron chi connectivity index (χ2n) is 3.77. The maximum atomic E-state index is 5.51. The molecule has 0 bridgehead atoms. The molecular weight excluding hydrogens is 158 g/mol. The first-order valence-corrected chi connectivity index (χ1v) is 4.92. The molecule has 0 aliphatic carbocycles. The minimum absolute atomic E-state index is 0.784. The SMILES string of the molecule is Cc1cc(C)c(CCCN)c(C)c1. The smallest absolute Gasteiger partial charge is 0.00741 e. The Morgan fingerprint density at radius 2 is 1.62 bits per heavy atom. The fraction of sp³-hybridized carbons (Fsp3) is 0.500. The largest absolute Gasteiger partial charge is 0.330 e. The molecule has 13 heavy (non-hydrogen) atoms. The summed E-state index contributed by atoms with van der Waals surface area (Å²) in [7, 11) is 0. The van der Waals surface area contributed by atoms with E-state index in [1.165, 1.54) is 22.3 Å². The van der Waals surface area contributed by atoms with Crippen molar-refractivity contribution in [1.82, 2.24) is 0 Å². The number of hydrogen-bond donors (Lipinski definition) is 1. The standard InChI is InChI=1S/C12H19N/c1-9-7-10(2)12(5-4-6-13)11(3)8-9/h7-8H,4-6,13H2,1-3H3. The van der Waals surface area contributed by atoms with E-state index in [0.717, 1.165) is 19.4 Å². The first kappa shape index (κ1) is 10.3. The summed E-state index contributed by atoms with van der Waals surface area (Å²) in [5.41, 5.74) is 11.2. The molecule has 0 aliphatic heterocycles. The Kier molecular flexibility index (Phi) is 3.49. The lowest BCUT2D eigenvalue weighted by atomic mass is 9.96. The summed E-state index contributed by atoms with van der Waals surface area (Å²) in [5, 5.41) is 0. The molecule has 0 saturated carbocycles. The molecule has 72 valence electrons. The van der Waals surface area contributed by atoms with Crippen molar-refractivity contribution in [3.63, 3.8) is 0 Å². The van der Waals surface area contributed by atoms with E-state index in [1.54, 1.807) is 0 Å². The van der Waals surface area contributed by atoms with Gasteiger partial charge in [0.2, 0.25) is 0 Å². The van der Waals surface area contributed by atoms with Gasteiger partial charge in [-0.25, -0.2) is 0 Å². The van der Waals surface area contributed by atoms with Crippen molar-refractivity contribution in [3.05, 3.63) is 34.4 Å². The van der Waals surface area contributed by atoms with Crippen LogP contribution in [-0.4, -0.2) is 6.54 Å². The molecular formula is C12H19N. The molecule has 0 spiro atoms.